The molecule has 0 bridgehead atoms. The summed E-state index contributed by atoms with van der Waals surface area (Å²) in [4.78, 5) is 11.3. The van der Waals surface area contributed by atoms with Crippen molar-refractivity contribution in [1.82, 2.24) is 0 Å². The van der Waals surface area contributed by atoms with Gasteiger partial charge in [0, 0.05) is 15.5 Å². The molecule has 3 nitrogen and oxygen atoms in total. The minimum Gasteiger partial charge on any atom is -0.396 e. The lowest BCUT2D eigenvalue weighted by atomic mass is 10.2. The topological polar surface area (TPSA) is 49.3 Å². The smallest absolute Gasteiger partial charge is 0.226 e. The maximum atomic E-state index is 11.3. The predicted molar refractivity (Wildman–Crippen MR) is 62.2 cm³/mol. The molecule has 0 saturated heterocycles. The Bertz CT molecular complexity index is 478. The first-order valence-electron chi connectivity index (χ1n) is 4.68. The molecular weight excluding hydrogens is 210 g/mol. The van der Waals surface area contributed by atoms with Gasteiger partial charge >= 0.3 is 0 Å². The van der Waals surface area contributed by atoms with Crippen molar-refractivity contribution in [3.8, 4) is 0 Å². The summed E-state index contributed by atoms with van der Waals surface area (Å²) in [6.45, 7) is -0.117. The number of rotatable bonds is 3. The van der Waals surface area contributed by atoms with E-state index in [1.807, 2.05) is 29.6 Å². The normalized spacial score (nSPS) is 10.5. The zero-order valence-electron chi connectivity index (χ0n) is 8.06. The van der Waals surface area contributed by atoms with Gasteiger partial charge in [-0.15, -0.1) is 11.3 Å². The highest BCUT2D eigenvalue weighted by molar-refractivity contribution is 7.17. The lowest BCUT2D eigenvalue weighted by molar-refractivity contribution is -0.116. The first-order chi connectivity index (χ1) is 7.31. The van der Waals surface area contributed by atoms with Gasteiger partial charge < -0.3 is 10.4 Å². The molecule has 2 rings (SSSR count). The Balaban J connectivity index is 2.25. The molecular formula is C11H11NO2S. The largest absolute Gasteiger partial charge is 0.396 e. The highest BCUT2D eigenvalue weighted by atomic mass is 32.1. The van der Waals surface area contributed by atoms with E-state index in [1.54, 1.807) is 11.3 Å². The molecule has 0 aliphatic rings. The van der Waals surface area contributed by atoms with E-state index in [9.17, 15) is 4.79 Å². The number of hydrogen-bond donors (Lipinski definition) is 2. The van der Waals surface area contributed by atoms with Gasteiger partial charge in [-0.25, -0.2) is 0 Å². The minimum absolute atomic E-state index is 0.117. The second kappa shape index (κ2) is 4.42. The maximum absolute atomic E-state index is 11.3. The van der Waals surface area contributed by atoms with Crippen LogP contribution in [0.2, 0.25) is 0 Å². The van der Waals surface area contributed by atoms with Crippen molar-refractivity contribution >= 4 is 33.0 Å². The Labute approximate surface area is 91.4 Å². The van der Waals surface area contributed by atoms with E-state index in [0.29, 0.717) is 0 Å². The molecule has 0 spiro atoms. The third-order valence-corrected chi connectivity index (χ3v) is 3.06. The monoisotopic (exact) mass is 221 g/mol. The standard InChI is InChI=1S/C11H11NO2S/c13-6-5-11(14)12-9-7-15-10-4-2-1-3-8(9)10/h1-4,7,13H,5-6H2,(H,12,14). The van der Waals surface area contributed by atoms with Gasteiger partial charge in [0.1, 0.15) is 0 Å². The molecule has 0 aliphatic carbocycles. The van der Waals surface area contributed by atoms with Crippen LogP contribution in [-0.4, -0.2) is 17.6 Å². The SMILES string of the molecule is O=C(CCO)Nc1csc2ccccc12. The quantitative estimate of drug-likeness (QED) is 0.835. The van der Waals surface area contributed by atoms with Crippen molar-refractivity contribution < 1.29 is 9.90 Å². The van der Waals surface area contributed by atoms with E-state index < -0.39 is 0 Å². The third kappa shape index (κ3) is 2.16. The zero-order chi connectivity index (χ0) is 10.7. The maximum Gasteiger partial charge on any atom is 0.226 e. The van der Waals surface area contributed by atoms with Crippen LogP contribution in [0, 0.1) is 0 Å². The van der Waals surface area contributed by atoms with E-state index in [4.69, 9.17) is 5.11 Å². The van der Waals surface area contributed by atoms with E-state index in [-0.39, 0.29) is 18.9 Å². The predicted octanol–water partition coefficient (Wildman–Crippen LogP) is 2.22. The summed E-state index contributed by atoms with van der Waals surface area (Å²) in [5, 5.41) is 14.4. The number of anilines is 1. The third-order valence-electron chi connectivity index (χ3n) is 2.09. The van der Waals surface area contributed by atoms with E-state index in [1.165, 1.54) is 0 Å². The van der Waals surface area contributed by atoms with E-state index in [0.717, 1.165) is 15.8 Å². The van der Waals surface area contributed by atoms with Crippen LogP contribution < -0.4 is 5.32 Å². The molecule has 2 aromatic rings. The summed E-state index contributed by atoms with van der Waals surface area (Å²) in [6, 6.07) is 7.90. The average molecular weight is 221 g/mol. The first kappa shape index (κ1) is 10.1. The van der Waals surface area contributed by atoms with Gasteiger partial charge in [-0.2, -0.15) is 0 Å². The van der Waals surface area contributed by atoms with Crippen LogP contribution >= 0.6 is 11.3 Å². The van der Waals surface area contributed by atoms with E-state index in [2.05, 4.69) is 5.32 Å². The fourth-order valence-corrected chi connectivity index (χ4v) is 2.28. The number of carbonyl (C=O) groups excluding carboxylic acids is 1. The van der Waals surface area contributed by atoms with Crippen molar-refractivity contribution in [2.45, 2.75) is 6.42 Å². The Morgan fingerprint density at radius 3 is 3.00 bits per heavy atom. The van der Waals surface area contributed by atoms with Gasteiger partial charge in [0.15, 0.2) is 0 Å². The fraction of sp³-hybridized carbons (Fsp3) is 0.182. The summed E-state index contributed by atoms with van der Waals surface area (Å²) < 4.78 is 1.15. The Morgan fingerprint density at radius 2 is 2.20 bits per heavy atom. The van der Waals surface area contributed by atoms with Crippen LogP contribution in [0.15, 0.2) is 29.6 Å². The molecule has 1 heterocycles. The minimum atomic E-state index is -0.152. The van der Waals surface area contributed by atoms with Crippen molar-refractivity contribution in [1.29, 1.82) is 0 Å². The van der Waals surface area contributed by atoms with Crippen molar-refractivity contribution in [2.75, 3.05) is 11.9 Å². The number of carbonyl (C=O) groups is 1. The number of fused-ring (bicyclic) bond motifs is 1. The molecule has 0 aliphatic heterocycles. The van der Waals surface area contributed by atoms with Gasteiger partial charge in [-0.05, 0) is 6.07 Å². The first-order valence-corrected chi connectivity index (χ1v) is 5.56. The second-order valence-electron chi connectivity index (χ2n) is 3.17. The highest BCUT2D eigenvalue weighted by Crippen LogP contribution is 2.29. The molecule has 0 fully saturated rings. The molecule has 2 N–H and O–H groups in total. The van der Waals surface area contributed by atoms with Gasteiger partial charge in [0.25, 0.3) is 0 Å². The summed E-state index contributed by atoms with van der Waals surface area (Å²) in [6.07, 6.45) is 0.143. The number of amides is 1. The van der Waals surface area contributed by atoms with Crippen LogP contribution in [0.4, 0.5) is 5.69 Å². The summed E-state index contributed by atoms with van der Waals surface area (Å²) in [5.41, 5.74) is 0.828. The Kier molecular flexibility index (Phi) is 2.99. The van der Waals surface area contributed by atoms with Crippen LogP contribution in [0.3, 0.4) is 0 Å². The molecule has 1 aromatic heterocycles. The molecule has 1 aromatic carbocycles. The van der Waals surface area contributed by atoms with Gasteiger partial charge in [0.2, 0.25) is 5.91 Å². The van der Waals surface area contributed by atoms with Crippen molar-refractivity contribution in [2.24, 2.45) is 0 Å². The molecule has 78 valence electrons. The number of thiophene rings is 1. The van der Waals surface area contributed by atoms with Crippen molar-refractivity contribution in [3.05, 3.63) is 29.6 Å². The number of hydrogen-bond acceptors (Lipinski definition) is 3. The number of benzene rings is 1. The number of aliphatic hydroxyl groups excluding tert-OH is 1. The molecule has 4 heteroatoms. The number of aliphatic hydroxyl groups is 1. The molecule has 0 saturated carbocycles. The van der Waals surface area contributed by atoms with Gasteiger partial charge in [-0.3, -0.25) is 4.79 Å². The van der Waals surface area contributed by atoms with Crippen molar-refractivity contribution in [3.63, 3.8) is 0 Å². The second-order valence-corrected chi connectivity index (χ2v) is 4.08. The molecule has 0 radical (unpaired) electrons. The summed E-state index contributed by atoms with van der Waals surface area (Å²) >= 11 is 1.60. The summed E-state index contributed by atoms with van der Waals surface area (Å²) in [5.74, 6) is -0.152. The molecule has 15 heavy (non-hydrogen) atoms. The molecule has 0 atom stereocenters. The Morgan fingerprint density at radius 1 is 1.40 bits per heavy atom. The Hall–Kier alpha value is -1.39. The van der Waals surface area contributed by atoms with Gasteiger partial charge in [-0.1, -0.05) is 18.2 Å². The molecule has 0 unspecified atom stereocenters. The summed E-state index contributed by atoms with van der Waals surface area (Å²) in [7, 11) is 0. The highest BCUT2D eigenvalue weighted by Gasteiger charge is 2.06. The van der Waals surface area contributed by atoms with Gasteiger partial charge in [0.05, 0.1) is 18.7 Å². The van der Waals surface area contributed by atoms with Crippen LogP contribution in [-0.2, 0) is 4.79 Å². The van der Waals surface area contributed by atoms with Crippen LogP contribution in [0.5, 0.6) is 0 Å². The number of nitrogens with one attached hydrogen (secondary N) is 1. The molecule has 1 amide bonds. The van der Waals surface area contributed by atoms with Crippen LogP contribution in [0.25, 0.3) is 10.1 Å². The zero-order valence-corrected chi connectivity index (χ0v) is 8.88. The van der Waals surface area contributed by atoms with E-state index >= 15 is 0 Å². The average Bonchev–Trinajstić information content (AvgIpc) is 2.62. The van der Waals surface area contributed by atoms with Crippen LogP contribution in [0.1, 0.15) is 6.42 Å². The lowest BCUT2D eigenvalue weighted by Gasteiger charge is -2.01. The lowest BCUT2D eigenvalue weighted by Crippen LogP contribution is -2.12. The fourth-order valence-electron chi connectivity index (χ4n) is 1.39.